The number of halogens is 6. The Bertz CT molecular complexity index is 1320. The van der Waals surface area contributed by atoms with Crippen molar-refractivity contribution in [2.75, 3.05) is 18.0 Å². The summed E-state index contributed by atoms with van der Waals surface area (Å²) in [6, 6.07) is 13.9. The summed E-state index contributed by atoms with van der Waals surface area (Å²) in [6.07, 6.45) is -4.17. The van der Waals surface area contributed by atoms with Crippen LogP contribution in [0, 0.1) is 23.0 Å². The zero-order valence-corrected chi connectivity index (χ0v) is 19.5. The van der Waals surface area contributed by atoms with Crippen molar-refractivity contribution < 1.29 is 26.7 Å². The Labute approximate surface area is 209 Å². The van der Waals surface area contributed by atoms with E-state index in [4.69, 9.17) is 11.6 Å². The van der Waals surface area contributed by atoms with Gasteiger partial charge >= 0.3 is 6.18 Å². The van der Waals surface area contributed by atoms with E-state index in [1.165, 1.54) is 35.2 Å². The molecule has 1 heterocycles. The molecule has 4 nitrogen and oxygen atoms in total. The molecule has 0 saturated carbocycles. The quantitative estimate of drug-likeness (QED) is 0.365. The molecule has 0 N–H and O–H groups in total. The molecule has 3 aromatic carbocycles. The molecule has 0 bridgehead atoms. The van der Waals surface area contributed by atoms with Gasteiger partial charge in [-0.15, -0.1) is 0 Å². The first-order valence-corrected chi connectivity index (χ1v) is 11.3. The second-order valence-corrected chi connectivity index (χ2v) is 8.82. The van der Waals surface area contributed by atoms with Gasteiger partial charge in [0, 0.05) is 43.0 Å². The van der Waals surface area contributed by atoms with E-state index in [9.17, 15) is 32.0 Å². The number of rotatable bonds is 5. The van der Waals surface area contributed by atoms with Crippen molar-refractivity contribution in [1.29, 1.82) is 5.26 Å². The Morgan fingerprint density at radius 3 is 2.42 bits per heavy atom. The van der Waals surface area contributed by atoms with E-state index >= 15 is 0 Å². The Hall–Kier alpha value is -3.64. The largest absolute Gasteiger partial charge is 0.416 e. The van der Waals surface area contributed by atoms with Crippen molar-refractivity contribution in [3.05, 3.63) is 99.6 Å². The summed E-state index contributed by atoms with van der Waals surface area (Å²) < 4.78 is 68.3. The standard InChI is InChI=1S/C26H19ClF5N3O/c27-24-12-21(6-5-16(24)13-33)35(14-17-3-1-2-4-23(17)26(30,31)32)22-7-8-34(15-22)25(36)18-9-19(28)11-20(29)10-18/h1-6,9-12,22H,7-8,14-15H2/t22-/m0/s1. The van der Waals surface area contributed by atoms with E-state index in [2.05, 4.69) is 0 Å². The van der Waals surface area contributed by atoms with Crippen LogP contribution in [0.4, 0.5) is 27.6 Å². The van der Waals surface area contributed by atoms with Crippen LogP contribution in [-0.4, -0.2) is 29.9 Å². The SMILES string of the molecule is N#Cc1ccc(N(Cc2ccccc2C(F)(F)F)[C@H]2CCN(C(=O)c3cc(F)cc(F)c3)C2)cc1Cl. The maximum Gasteiger partial charge on any atom is 0.416 e. The van der Waals surface area contributed by atoms with Gasteiger partial charge in [-0.3, -0.25) is 4.79 Å². The average Bonchev–Trinajstić information content (AvgIpc) is 3.31. The number of alkyl halides is 3. The van der Waals surface area contributed by atoms with Gasteiger partial charge in [0.25, 0.3) is 5.91 Å². The van der Waals surface area contributed by atoms with Gasteiger partial charge in [-0.05, 0) is 48.4 Å². The van der Waals surface area contributed by atoms with Gasteiger partial charge in [0.1, 0.15) is 17.7 Å². The molecule has 1 aliphatic heterocycles. The van der Waals surface area contributed by atoms with E-state index in [1.54, 1.807) is 11.0 Å². The fourth-order valence-corrected chi connectivity index (χ4v) is 4.58. The summed E-state index contributed by atoms with van der Waals surface area (Å²) in [5.74, 6) is -2.34. The molecule has 1 saturated heterocycles. The van der Waals surface area contributed by atoms with Crippen LogP contribution in [0.25, 0.3) is 0 Å². The second-order valence-electron chi connectivity index (χ2n) is 8.41. The molecule has 1 fully saturated rings. The van der Waals surface area contributed by atoms with Crippen molar-refractivity contribution >= 4 is 23.2 Å². The lowest BCUT2D eigenvalue weighted by Gasteiger charge is -2.32. The lowest BCUT2D eigenvalue weighted by atomic mass is 10.0. The van der Waals surface area contributed by atoms with Crippen molar-refractivity contribution in [2.24, 2.45) is 0 Å². The van der Waals surface area contributed by atoms with Crippen LogP contribution in [0.1, 0.15) is 33.5 Å². The second kappa shape index (κ2) is 10.2. The number of nitrogens with zero attached hydrogens (tertiary/aromatic N) is 3. The molecule has 0 aliphatic carbocycles. The van der Waals surface area contributed by atoms with E-state index in [0.29, 0.717) is 18.2 Å². The van der Waals surface area contributed by atoms with Gasteiger partial charge in [0.15, 0.2) is 0 Å². The molecular formula is C26H19ClF5N3O. The highest BCUT2D eigenvalue weighted by atomic mass is 35.5. The lowest BCUT2D eigenvalue weighted by molar-refractivity contribution is -0.138. The van der Waals surface area contributed by atoms with Crippen LogP contribution in [0.3, 0.4) is 0 Å². The minimum atomic E-state index is -4.57. The van der Waals surface area contributed by atoms with Crippen LogP contribution in [0.2, 0.25) is 5.02 Å². The molecule has 1 atom stereocenters. The molecule has 0 unspecified atom stereocenters. The molecule has 3 aromatic rings. The summed E-state index contributed by atoms with van der Waals surface area (Å²) in [6.45, 7) is 0.213. The minimum absolute atomic E-state index is 0.0301. The van der Waals surface area contributed by atoms with E-state index in [0.717, 1.165) is 18.2 Å². The van der Waals surface area contributed by atoms with Crippen molar-refractivity contribution in [1.82, 2.24) is 4.90 Å². The third-order valence-corrected chi connectivity index (χ3v) is 6.38. The van der Waals surface area contributed by atoms with E-state index < -0.39 is 35.3 Å². The Morgan fingerprint density at radius 1 is 1.08 bits per heavy atom. The van der Waals surface area contributed by atoms with Gasteiger partial charge in [0.2, 0.25) is 0 Å². The smallest absolute Gasteiger partial charge is 0.362 e. The molecule has 1 aliphatic rings. The van der Waals surface area contributed by atoms with Crippen LogP contribution in [-0.2, 0) is 12.7 Å². The van der Waals surface area contributed by atoms with Gasteiger partial charge in [-0.2, -0.15) is 18.4 Å². The Balaban J connectivity index is 1.67. The lowest BCUT2D eigenvalue weighted by Crippen LogP contribution is -2.39. The zero-order valence-electron chi connectivity index (χ0n) is 18.7. The Morgan fingerprint density at radius 2 is 1.78 bits per heavy atom. The fraction of sp³-hybridized carbons (Fsp3) is 0.231. The van der Waals surface area contributed by atoms with E-state index in [-0.39, 0.29) is 41.3 Å². The number of hydrogen-bond donors (Lipinski definition) is 0. The molecule has 4 rings (SSSR count). The van der Waals surface area contributed by atoms with Crippen molar-refractivity contribution in [3.8, 4) is 6.07 Å². The zero-order chi connectivity index (χ0) is 26.0. The highest BCUT2D eigenvalue weighted by Crippen LogP contribution is 2.35. The highest BCUT2D eigenvalue weighted by molar-refractivity contribution is 6.32. The Kier molecular flexibility index (Phi) is 7.18. The molecule has 0 radical (unpaired) electrons. The summed E-state index contributed by atoms with van der Waals surface area (Å²) in [4.78, 5) is 16.0. The third-order valence-electron chi connectivity index (χ3n) is 6.07. The number of nitriles is 1. The first-order chi connectivity index (χ1) is 17.1. The molecule has 0 spiro atoms. The summed E-state index contributed by atoms with van der Waals surface area (Å²) in [5.41, 5.74) is -0.207. The average molecular weight is 520 g/mol. The van der Waals surface area contributed by atoms with Gasteiger partial charge < -0.3 is 9.80 Å². The van der Waals surface area contributed by atoms with Gasteiger partial charge in [-0.25, -0.2) is 8.78 Å². The first kappa shape index (κ1) is 25.5. The van der Waals surface area contributed by atoms with Crippen LogP contribution in [0.15, 0.2) is 60.7 Å². The number of hydrogen-bond acceptors (Lipinski definition) is 3. The third kappa shape index (κ3) is 5.44. The van der Waals surface area contributed by atoms with E-state index in [1.807, 2.05) is 6.07 Å². The number of benzene rings is 3. The monoisotopic (exact) mass is 519 g/mol. The molecular weight excluding hydrogens is 501 g/mol. The topological polar surface area (TPSA) is 47.3 Å². The van der Waals surface area contributed by atoms with Gasteiger partial charge in [-0.1, -0.05) is 29.8 Å². The van der Waals surface area contributed by atoms with Crippen molar-refractivity contribution in [2.45, 2.75) is 25.2 Å². The molecule has 1 amide bonds. The van der Waals surface area contributed by atoms with Crippen molar-refractivity contribution in [3.63, 3.8) is 0 Å². The molecule has 36 heavy (non-hydrogen) atoms. The number of likely N-dealkylation sites (tertiary alicyclic amines) is 1. The summed E-state index contributed by atoms with van der Waals surface area (Å²) >= 11 is 6.21. The number of anilines is 1. The summed E-state index contributed by atoms with van der Waals surface area (Å²) in [7, 11) is 0. The van der Waals surface area contributed by atoms with Gasteiger partial charge in [0.05, 0.1) is 16.1 Å². The maximum atomic E-state index is 13.7. The normalized spacial score (nSPS) is 15.6. The molecule has 186 valence electrons. The fourth-order valence-electron chi connectivity index (χ4n) is 4.36. The first-order valence-electron chi connectivity index (χ1n) is 10.9. The predicted molar refractivity (Wildman–Crippen MR) is 124 cm³/mol. The maximum absolute atomic E-state index is 13.7. The highest BCUT2D eigenvalue weighted by Gasteiger charge is 2.36. The minimum Gasteiger partial charge on any atom is -0.362 e. The number of amides is 1. The molecule has 10 heteroatoms. The van der Waals surface area contributed by atoms with Crippen LogP contribution >= 0.6 is 11.6 Å². The predicted octanol–water partition coefficient (Wildman–Crippen LogP) is 6.43. The number of carbonyl (C=O) groups is 1. The number of carbonyl (C=O) groups excluding carboxylic acids is 1. The summed E-state index contributed by atoms with van der Waals surface area (Å²) in [5, 5.41) is 9.34. The van der Waals surface area contributed by atoms with Crippen LogP contribution < -0.4 is 4.90 Å². The molecule has 0 aromatic heterocycles. The van der Waals surface area contributed by atoms with Crippen LogP contribution in [0.5, 0.6) is 0 Å².